The first-order valence-electron chi connectivity index (χ1n) is 6.91. The normalized spacial score (nSPS) is 10.2. The summed E-state index contributed by atoms with van der Waals surface area (Å²) in [7, 11) is 3.30. The maximum atomic E-state index is 5.80. The minimum Gasteiger partial charge on any atom is -0.493 e. The second kappa shape index (κ2) is 8.17. The molecule has 0 saturated heterocycles. The summed E-state index contributed by atoms with van der Waals surface area (Å²) in [6.07, 6.45) is 0. The molecule has 0 radical (unpaired) electrons. The molecule has 2 rings (SSSR count). The predicted octanol–water partition coefficient (Wildman–Crippen LogP) is 3.33. The Balaban J connectivity index is 2.09. The number of para-hydroxylation sites is 2. The lowest BCUT2D eigenvalue weighted by molar-refractivity contribution is 0.143. The average Bonchev–Trinajstić information content (AvgIpc) is 2.54. The highest BCUT2D eigenvalue weighted by Crippen LogP contribution is 2.31. The smallest absolute Gasteiger partial charge is 0.166 e. The van der Waals surface area contributed by atoms with Crippen molar-refractivity contribution in [3.63, 3.8) is 0 Å². The highest BCUT2D eigenvalue weighted by atomic mass is 16.5. The van der Waals surface area contributed by atoms with Crippen molar-refractivity contribution >= 4 is 5.69 Å². The van der Waals surface area contributed by atoms with Crippen LogP contribution in [0.15, 0.2) is 48.5 Å². The Morgan fingerprint density at radius 3 is 2.43 bits per heavy atom. The van der Waals surface area contributed by atoms with Crippen molar-refractivity contribution in [2.45, 2.75) is 6.54 Å². The topological polar surface area (TPSA) is 39.7 Å². The van der Waals surface area contributed by atoms with E-state index in [1.165, 1.54) is 0 Å². The Bertz CT molecular complexity index is 543. The van der Waals surface area contributed by atoms with Crippen molar-refractivity contribution in [3.8, 4) is 11.5 Å². The molecule has 0 aromatic heterocycles. The molecule has 0 atom stereocenters. The number of hydrogen-bond donors (Lipinski definition) is 1. The zero-order valence-electron chi connectivity index (χ0n) is 12.5. The molecule has 0 fully saturated rings. The van der Waals surface area contributed by atoms with Gasteiger partial charge in [0.2, 0.25) is 0 Å². The predicted molar refractivity (Wildman–Crippen MR) is 84.1 cm³/mol. The van der Waals surface area contributed by atoms with E-state index in [-0.39, 0.29) is 0 Å². The van der Waals surface area contributed by atoms with E-state index in [9.17, 15) is 0 Å². The van der Waals surface area contributed by atoms with Crippen molar-refractivity contribution in [1.82, 2.24) is 0 Å². The summed E-state index contributed by atoms with van der Waals surface area (Å²) in [6.45, 7) is 1.71. The highest BCUT2D eigenvalue weighted by Gasteiger charge is 2.10. The summed E-state index contributed by atoms with van der Waals surface area (Å²) < 4.78 is 16.2. The van der Waals surface area contributed by atoms with Crippen molar-refractivity contribution in [2.24, 2.45) is 0 Å². The van der Waals surface area contributed by atoms with E-state index in [1.807, 2.05) is 48.5 Å². The van der Waals surface area contributed by atoms with Gasteiger partial charge in [0.25, 0.3) is 0 Å². The van der Waals surface area contributed by atoms with Crippen LogP contribution in [0, 0.1) is 0 Å². The fourth-order valence-corrected chi connectivity index (χ4v) is 2.01. The zero-order valence-corrected chi connectivity index (χ0v) is 12.5. The van der Waals surface area contributed by atoms with Gasteiger partial charge in [-0.3, -0.25) is 0 Å². The van der Waals surface area contributed by atoms with E-state index >= 15 is 0 Å². The Morgan fingerprint density at radius 1 is 0.905 bits per heavy atom. The monoisotopic (exact) mass is 287 g/mol. The number of methoxy groups -OCH3 is 2. The molecule has 4 nitrogen and oxygen atoms in total. The molecule has 0 aliphatic carbocycles. The fraction of sp³-hybridized carbons (Fsp3) is 0.294. The quantitative estimate of drug-likeness (QED) is 0.756. The summed E-state index contributed by atoms with van der Waals surface area (Å²) >= 11 is 0. The number of rotatable bonds is 8. The second-order valence-electron chi connectivity index (χ2n) is 4.51. The lowest BCUT2D eigenvalue weighted by atomic mass is 10.1. The molecule has 0 saturated carbocycles. The second-order valence-corrected chi connectivity index (χ2v) is 4.51. The minimum absolute atomic E-state index is 0.495. The van der Waals surface area contributed by atoms with E-state index in [1.54, 1.807) is 14.2 Å². The third-order valence-corrected chi connectivity index (χ3v) is 3.07. The van der Waals surface area contributed by atoms with Crippen LogP contribution < -0.4 is 14.8 Å². The molecule has 2 aromatic rings. The third-order valence-electron chi connectivity index (χ3n) is 3.07. The van der Waals surface area contributed by atoms with Crippen LogP contribution in [0.4, 0.5) is 5.69 Å². The van der Waals surface area contributed by atoms with Crippen molar-refractivity contribution in [1.29, 1.82) is 0 Å². The molecular weight excluding hydrogens is 266 g/mol. The third kappa shape index (κ3) is 4.39. The van der Waals surface area contributed by atoms with Crippen molar-refractivity contribution < 1.29 is 14.2 Å². The largest absolute Gasteiger partial charge is 0.493 e. The first-order chi connectivity index (χ1) is 10.3. The fourth-order valence-electron chi connectivity index (χ4n) is 2.01. The van der Waals surface area contributed by atoms with E-state index < -0.39 is 0 Å². The molecule has 0 heterocycles. The lowest BCUT2D eigenvalue weighted by Gasteiger charge is -2.15. The minimum atomic E-state index is 0.495. The van der Waals surface area contributed by atoms with Gasteiger partial charge in [-0.2, -0.15) is 0 Å². The van der Waals surface area contributed by atoms with Crippen molar-refractivity contribution in [2.75, 3.05) is 32.8 Å². The highest BCUT2D eigenvalue weighted by molar-refractivity contribution is 5.50. The summed E-state index contributed by atoms with van der Waals surface area (Å²) in [4.78, 5) is 0. The summed E-state index contributed by atoms with van der Waals surface area (Å²) in [6, 6.07) is 16.0. The van der Waals surface area contributed by atoms with Gasteiger partial charge in [0.1, 0.15) is 6.61 Å². The number of benzene rings is 2. The van der Waals surface area contributed by atoms with Crippen LogP contribution in [-0.4, -0.2) is 27.4 Å². The van der Waals surface area contributed by atoms with Gasteiger partial charge in [-0.25, -0.2) is 0 Å². The Labute approximate surface area is 125 Å². The van der Waals surface area contributed by atoms with E-state index in [4.69, 9.17) is 14.2 Å². The molecule has 0 spiro atoms. The number of hydrogen-bond acceptors (Lipinski definition) is 4. The molecular formula is C17H21NO3. The van der Waals surface area contributed by atoms with Gasteiger partial charge in [-0.05, 0) is 18.2 Å². The van der Waals surface area contributed by atoms with Gasteiger partial charge >= 0.3 is 0 Å². The van der Waals surface area contributed by atoms with Crippen LogP contribution in [0.1, 0.15) is 5.56 Å². The van der Waals surface area contributed by atoms with Crippen LogP contribution in [0.25, 0.3) is 0 Å². The van der Waals surface area contributed by atoms with Gasteiger partial charge in [0.15, 0.2) is 11.5 Å². The Hall–Kier alpha value is -2.20. The van der Waals surface area contributed by atoms with E-state index in [0.29, 0.717) is 19.8 Å². The van der Waals surface area contributed by atoms with Gasteiger partial charge in [-0.15, -0.1) is 0 Å². The molecule has 4 heteroatoms. The van der Waals surface area contributed by atoms with Gasteiger partial charge < -0.3 is 19.5 Å². The van der Waals surface area contributed by atoms with Gasteiger partial charge in [0.05, 0.1) is 13.7 Å². The Morgan fingerprint density at radius 2 is 1.71 bits per heavy atom. The maximum Gasteiger partial charge on any atom is 0.166 e. The van der Waals surface area contributed by atoms with Crippen LogP contribution in [-0.2, 0) is 11.3 Å². The molecule has 21 heavy (non-hydrogen) atoms. The Kier molecular flexibility index (Phi) is 5.91. The zero-order chi connectivity index (χ0) is 14.9. The van der Waals surface area contributed by atoms with E-state index in [2.05, 4.69) is 5.32 Å². The standard InChI is InChI=1S/C17H21NO3/c1-19-11-12-21-17-14(7-6-10-16(17)20-2)13-18-15-8-4-3-5-9-15/h3-10,18H,11-13H2,1-2H3. The van der Waals surface area contributed by atoms with Gasteiger partial charge in [0, 0.05) is 24.9 Å². The number of nitrogens with one attached hydrogen (secondary N) is 1. The number of ether oxygens (including phenoxy) is 3. The van der Waals surface area contributed by atoms with Crippen LogP contribution in [0.5, 0.6) is 11.5 Å². The molecule has 1 N–H and O–H groups in total. The lowest BCUT2D eigenvalue weighted by Crippen LogP contribution is -2.09. The molecule has 0 aliphatic heterocycles. The molecule has 2 aromatic carbocycles. The summed E-state index contributed by atoms with van der Waals surface area (Å²) in [5.74, 6) is 1.50. The van der Waals surface area contributed by atoms with E-state index in [0.717, 1.165) is 22.7 Å². The maximum absolute atomic E-state index is 5.80. The van der Waals surface area contributed by atoms with Crippen LogP contribution >= 0.6 is 0 Å². The SMILES string of the molecule is COCCOc1c(CNc2ccccc2)cccc1OC. The molecule has 0 amide bonds. The van der Waals surface area contributed by atoms with Crippen LogP contribution in [0.2, 0.25) is 0 Å². The molecule has 0 aliphatic rings. The first-order valence-corrected chi connectivity index (χ1v) is 6.91. The molecule has 0 bridgehead atoms. The van der Waals surface area contributed by atoms with Crippen LogP contribution in [0.3, 0.4) is 0 Å². The summed E-state index contributed by atoms with van der Waals surface area (Å²) in [5, 5.41) is 3.38. The number of anilines is 1. The summed E-state index contributed by atoms with van der Waals surface area (Å²) in [5.41, 5.74) is 2.12. The van der Waals surface area contributed by atoms with Gasteiger partial charge in [-0.1, -0.05) is 30.3 Å². The first kappa shape index (κ1) is 15.2. The molecule has 0 unspecified atom stereocenters. The molecule has 112 valence electrons. The average molecular weight is 287 g/mol. The van der Waals surface area contributed by atoms with Crippen molar-refractivity contribution in [3.05, 3.63) is 54.1 Å².